The van der Waals surface area contributed by atoms with E-state index in [2.05, 4.69) is 15.2 Å². The molecular weight excluding hydrogens is 391 g/mol. The third-order valence-electron chi connectivity index (χ3n) is 4.80. The van der Waals surface area contributed by atoms with Crippen molar-refractivity contribution < 1.29 is 14.0 Å². The van der Waals surface area contributed by atoms with Crippen LogP contribution in [0.4, 0.5) is 15.8 Å². The molecule has 1 aliphatic heterocycles. The van der Waals surface area contributed by atoms with Crippen molar-refractivity contribution in [3.05, 3.63) is 64.9 Å². The molecule has 1 aromatic heterocycles. The van der Waals surface area contributed by atoms with E-state index >= 15 is 0 Å². The van der Waals surface area contributed by atoms with Gasteiger partial charge in [0.05, 0.1) is 11.4 Å². The number of carbonyl (C=O) groups is 2. The number of thiazole rings is 1. The van der Waals surface area contributed by atoms with Crippen LogP contribution in [0.1, 0.15) is 33.7 Å². The van der Waals surface area contributed by atoms with Gasteiger partial charge in [-0.05, 0) is 55.3 Å². The molecule has 2 heterocycles. The summed E-state index contributed by atoms with van der Waals surface area (Å²) in [5, 5.41) is 5.15. The summed E-state index contributed by atoms with van der Waals surface area (Å²) in [7, 11) is 0. The smallest absolute Gasteiger partial charge is 0.275 e. The summed E-state index contributed by atoms with van der Waals surface area (Å²) in [5.41, 5.74) is 8.11. The van der Waals surface area contributed by atoms with Gasteiger partial charge < -0.3 is 16.0 Å². The van der Waals surface area contributed by atoms with Gasteiger partial charge in [-0.25, -0.2) is 9.37 Å². The van der Waals surface area contributed by atoms with Crippen molar-refractivity contribution in [1.82, 2.24) is 4.98 Å². The second-order valence-corrected chi connectivity index (χ2v) is 7.65. The number of anilines is 2. The Morgan fingerprint density at radius 1 is 1.10 bits per heavy atom. The normalized spacial score (nSPS) is 13.5. The van der Waals surface area contributed by atoms with Crippen molar-refractivity contribution in [2.45, 2.75) is 12.8 Å². The van der Waals surface area contributed by atoms with Crippen LogP contribution in [0.15, 0.2) is 47.8 Å². The van der Waals surface area contributed by atoms with Crippen LogP contribution in [-0.4, -0.2) is 29.9 Å². The Hall–Kier alpha value is -3.26. The lowest BCUT2D eigenvalue weighted by Gasteiger charge is -2.22. The zero-order valence-corrected chi connectivity index (χ0v) is 16.3. The first-order valence-corrected chi connectivity index (χ1v) is 10.1. The average molecular weight is 410 g/mol. The summed E-state index contributed by atoms with van der Waals surface area (Å²) in [6, 6.07) is 11.0. The molecule has 0 spiro atoms. The predicted molar refractivity (Wildman–Crippen MR) is 112 cm³/mol. The van der Waals surface area contributed by atoms with E-state index in [1.54, 1.807) is 29.6 Å². The minimum Gasteiger partial charge on any atom is -0.370 e. The maximum absolute atomic E-state index is 13.1. The maximum Gasteiger partial charge on any atom is 0.275 e. The molecule has 1 saturated heterocycles. The Kier molecular flexibility index (Phi) is 5.26. The average Bonchev–Trinajstić information content (AvgIpc) is 3.41. The van der Waals surface area contributed by atoms with Gasteiger partial charge in [-0.3, -0.25) is 9.59 Å². The number of rotatable bonds is 5. The summed E-state index contributed by atoms with van der Waals surface area (Å²) in [6.07, 6.45) is 2.16. The lowest BCUT2D eigenvalue weighted by atomic mass is 10.1. The highest BCUT2D eigenvalue weighted by Crippen LogP contribution is 2.31. The molecule has 8 heteroatoms. The number of nitrogens with zero attached hydrogens (tertiary/aromatic N) is 2. The summed E-state index contributed by atoms with van der Waals surface area (Å²) in [6.45, 7) is 1.79. The van der Waals surface area contributed by atoms with Crippen molar-refractivity contribution in [2.75, 3.05) is 23.3 Å². The van der Waals surface area contributed by atoms with Gasteiger partial charge in [0.1, 0.15) is 16.5 Å². The van der Waals surface area contributed by atoms with Crippen LogP contribution in [0, 0.1) is 5.82 Å². The number of nitrogens with one attached hydrogen (secondary N) is 1. The molecule has 4 rings (SSSR count). The zero-order chi connectivity index (χ0) is 20.4. The summed E-state index contributed by atoms with van der Waals surface area (Å²) >= 11 is 1.31. The number of primary amides is 1. The minimum absolute atomic E-state index is 0.256. The van der Waals surface area contributed by atoms with E-state index in [0.29, 0.717) is 16.3 Å². The largest absolute Gasteiger partial charge is 0.370 e. The number of nitrogens with two attached hydrogens (primary N) is 1. The Balaban J connectivity index is 1.60. The van der Waals surface area contributed by atoms with Crippen molar-refractivity contribution >= 4 is 34.5 Å². The number of aromatic nitrogens is 1. The van der Waals surface area contributed by atoms with Gasteiger partial charge in [0.15, 0.2) is 0 Å². The summed E-state index contributed by atoms with van der Waals surface area (Å²) in [5.74, 6) is -1.26. The highest BCUT2D eigenvalue weighted by molar-refractivity contribution is 7.13. The van der Waals surface area contributed by atoms with Crippen molar-refractivity contribution in [2.24, 2.45) is 5.73 Å². The van der Waals surface area contributed by atoms with Gasteiger partial charge in [-0.15, -0.1) is 11.3 Å². The van der Waals surface area contributed by atoms with E-state index in [-0.39, 0.29) is 17.4 Å². The molecule has 2 amide bonds. The molecule has 6 nitrogen and oxygen atoms in total. The molecule has 1 fully saturated rings. The van der Waals surface area contributed by atoms with Crippen molar-refractivity contribution in [3.63, 3.8) is 0 Å². The Morgan fingerprint density at radius 3 is 2.52 bits per heavy atom. The molecule has 0 unspecified atom stereocenters. The van der Waals surface area contributed by atoms with Crippen molar-refractivity contribution in [1.29, 1.82) is 0 Å². The van der Waals surface area contributed by atoms with Crippen LogP contribution in [-0.2, 0) is 0 Å². The fourth-order valence-electron chi connectivity index (χ4n) is 3.31. The fourth-order valence-corrected chi connectivity index (χ4v) is 4.12. The summed E-state index contributed by atoms with van der Waals surface area (Å²) in [4.78, 5) is 30.9. The van der Waals surface area contributed by atoms with Crippen LogP contribution in [0.2, 0.25) is 0 Å². The molecule has 148 valence electrons. The van der Waals surface area contributed by atoms with Crippen LogP contribution in [0.5, 0.6) is 0 Å². The third-order valence-corrected chi connectivity index (χ3v) is 5.70. The molecule has 1 aliphatic rings. The highest BCUT2D eigenvalue weighted by atomic mass is 32.1. The molecule has 0 saturated carbocycles. The lowest BCUT2D eigenvalue weighted by molar-refractivity contribution is 0.0995. The minimum atomic E-state index is -0.555. The second-order valence-electron chi connectivity index (χ2n) is 6.79. The number of hydrogen-bond acceptors (Lipinski definition) is 5. The van der Waals surface area contributed by atoms with Crippen molar-refractivity contribution in [3.8, 4) is 10.6 Å². The van der Waals surface area contributed by atoms with E-state index in [0.717, 1.165) is 37.2 Å². The molecular formula is C21H19FN4O2S. The van der Waals surface area contributed by atoms with E-state index < -0.39 is 5.91 Å². The fraction of sp³-hybridized carbons (Fsp3) is 0.190. The van der Waals surface area contributed by atoms with Crippen LogP contribution >= 0.6 is 11.3 Å². The monoisotopic (exact) mass is 410 g/mol. The molecule has 29 heavy (non-hydrogen) atoms. The molecule has 0 radical (unpaired) electrons. The van der Waals surface area contributed by atoms with Gasteiger partial charge >= 0.3 is 0 Å². The molecule has 0 aliphatic carbocycles. The molecule has 3 N–H and O–H groups in total. The highest BCUT2D eigenvalue weighted by Gasteiger charge is 2.20. The number of amides is 2. The van der Waals surface area contributed by atoms with E-state index in [9.17, 15) is 14.0 Å². The Morgan fingerprint density at radius 2 is 1.83 bits per heavy atom. The van der Waals surface area contributed by atoms with E-state index in [4.69, 9.17) is 5.73 Å². The van der Waals surface area contributed by atoms with Crippen LogP contribution in [0.3, 0.4) is 0 Å². The van der Waals surface area contributed by atoms with Crippen LogP contribution < -0.4 is 16.0 Å². The first-order chi connectivity index (χ1) is 14.0. The van der Waals surface area contributed by atoms with Gasteiger partial charge in [-0.2, -0.15) is 0 Å². The first kappa shape index (κ1) is 19.1. The van der Waals surface area contributed by atoms with Gasteiger partial charge in [-0.1, -0.05) is 0 Å². The Bertz CT molecular complexity index is 1060. The second kappa shape index (κ2) is 8.00. The SMILES string of the molecule is NC(=O)c1ccc(N2CCCC2)c(NC(=O)c2csc(-c3ccc(F)cc3)n2)c1. The topological polar surface area (TPSA) is 88.3 Å². The first-order valence-electron chi connectivity index (χ1n) is 9.23. The third kappa shape index (κ3) is 4.12. The van der Waals surface area contributed by atoms with Gasteiger partial charge in [0.2, 0.25) is 5.91 Å². The standard InChI is InChI=1S/C21H19FN4O2S/c22-15-6-3-13(4-7-15)21-25-17(12-29-21)20(28)24-16-11-14(19(23)27)5-8-18(16)26-9-1-2-10-26/h3-8,11-12H,1-2,9-10H2,(H2,23,27)(H,24,28). The van der Waals surface area contributed by atoms with Crippen LogP contribution in [0.25, 0.3) is 10.6 Å². The van der Waals surface area contributed by atoms with Gasteiger partial charge in [0, 0.05) is 29.6 Å². The zero-order valence-electron chi connectivity index (χ0n) is 15.5. The quantitative estimate of drug-likeness (QED) is 0.668. The van der Waals surface area contributed by atoms with E-state index in [1.165, 1.54) is 23.5 Å². The number of benzene rings is 2. The predicted octanol–water partition coefficient (Wildman–Crippen LogP) is 3.90. The molecule has 0 bridgehead atoms. The molecule has 0 atom stereocenters. The maximum atomic E-state index is 13.1. The van der Waals surface area contributed by atoms with E-state index in [1.807, 2.05) is 6.07 Å². The summed E-state index contributed by atoms with van der Waals surface area (Å²) < 4.78 is 13.1. The number of halogens is 1. The Labute approximate surface area is 171 Å². The number of hydrogen-bond donors (Lipinski definition) is 2. The van der Waals surface area contributed by atoms with Gasteiger partial charge in [0.25, 0.3) is 5.91 Å². The number of carbonyl (C=O) groups excluding carboxylic acids is 2. The molecule has 2 aromatic carbocycles. The lowest BCUT2D eigenvalue weighted by Crippen LogP contribution is -2.22. The molecule has 3 aromatic rings.